The Morgan fingerprint density at radius 2 is 2.21 bits per heavy atom. The van der Waals surface area contributed by atoms with Crippen molar-refractivity contribution >= 4 is 5.91 Å². The Morgan fingerprint density at radius 1 is 1.37 bits per heavy atom. The van der Waals surface area contributed by atoms with Crippen LogP contribution in [0, 0.1) is 0 Å². The van der Waals surface area contributed by atoms with Crippen LogP contribution in [0.4, 0.5) is 0 Å². The van der Waals surface area contributed by atoms with Gasteiger partial charge in [-0.1, -0.05) is 18.2 Å². The van der Waals surface area contributed by atoms with Crippen LogP contribution in [-0.2, 0) is 4.79 Å². The topological polar surface area (TPSA) is 50.4 Å². The van der Waals surface area contributed by atoms with E-state index in [2.05, 4.69) is 10.6 Å². The Hall–Kier alpha value is -1.55. The molecule has 19 heavy (non-hydrogen) atoms. The van der Waals surface area contributed by atoms with Crippen molar-refractivity contribution in [3.8, 4) is 5.75 Å². The summed E-state index contributed by atoms with van der Waals surface area (Å²) in [6.07, 6.45) is 3.97. The zero-order chi connectivity index (χ0) is 13.3. The highest BCUT2D eigenvalue weighted by Gasteiger charge is 2.14. The molecule has 4 nitrogen and oxygen atoms in total. The third-order valence-electron chi connectivity index (χ3n) is 3.32. The van der Waals surface area contributed by atoms with Crippen molar-refractivity contribution in [3.05, 3.63) is 30.3 Å². The van der Waals surface area contributed by atoms with Gasteiger partial charge < -0.3 is 15.4 Å². The highest BCUT2D eigenvalue weighted by Crippen LogP contribution is 2.10. The van der Waals surface area contributed by atoms with Gasteiger partial charge in [-0.25, -0.2) is 0 Å². The minimum Gasteiger partial charge on any atom is -0.492 e. The molecule has 0 spiro atoms. The van der Waals surface area contributed by atoms with Gasteiger partial charge >= 0.3 is 0 Å². The molecule has 0 bridgehead atoms. The number of nitrogens with one attached hydrogen (secondary N) is 2. The average molecular weight is 262 g/mol. The number of benzene rings is 1. The van der Waals surface area contributed by atoms with Gasteiger partial charge in [0.2, 0.25) is 5.91 Å². The summed E-state index contributed by atoms with van der Waals surface area (Å²) >= 11 is 0. The number of rotatable bonds is 7. The minimum absolute atomic E-state index is 0.116. The lowest BCUT2D eigenvalue weighted by molar-refractivity contribution is -0.121. The molecule has 1 unspecified atom stereocenters. The van der Waals surface area contributed by atoms with E-state index in [0.29, 0.717) is 25.6 Å². The first-order chi connectivity index (χ1) is 9.34. The van der Waals surface area contributed by atoms with E-state index in [4.69, 9.17) is 4.74 Å². The molecule has 1 heterocycles. The molecule has 1 saturated heterocycles. The molecule has 4 heteroatoms. The van der Waals surface area contributed by atoms with Crippen LogP contribution >= 0.6 is 0 Å². The van der Waals surface area contributed by atoms with Crippen LogP contribution < -0.4 is 15.4 Å². The number of para-hydroxylation sites is 1. The van der Waals surface area contributed by atoms with Crippen molar-refractivity contribution in [1.29, 1.82) is 0 Å². The van der Waals surface area contributed by atoms with E-state index in [-0.39, 0.29) is 5.91 Å². The molecule has 1 fully saturated rings. The first kappa shape index (κ1) is 13.9. The Morgan fingerprint density at radius 3 is 2.95 bits per heavy atom. The normalized spacial score (nSPS) is 18.2. The lowest BCUT2D eigenvalue weighted by Crippen LogP contribution is -2.30. The van der Waals surface area contributed by atoms with Crippen molar-refractivity contribution in [1.82, 2.24) is 10.6 Å². The molecule has 0 saturated carbocycles. The van der Waals surface area contributed by atoms with Crippen LogP contribution in [0.5, 0.6) is 5.75 Å². The molecule has 0 aromatic heterocycles. The van der Waals surface area contributed by atoms with Crippen LogP contribution in [0.15, 0.2) is 30.3 Å². The van der Waals surface area contributed by atoms with Crippen molar-refractivity contribution in [2.24, 2.45) is 0 Å². The van der Waals surface area contributed by atoms with Gasteiger partial charge in [0.1, 0.15) is 12.4 Å². The Bertz CT molecular complexity index is 375. The van der Waals surface area contributed by atoms with Gasteiger partial charge in [0.05, 0.1) is 6.54 Å². The standard InChI is InChI=1S/C15H22N2O2/c18-15(9-8-13-5-4-10-16-13)17-11-12-19-14-6-2-1-3-7-14/h1-3,6-7,13,16H,4-5,8-12H2,(H,17,18). The van der Waals surface area contributed by atoms with Crippen LogP contribution in [-0.4, -0.2) is 31.6 Å². The summed E-state index contributed by atoms with van der Waals surface area (Å²) in [6.45, 7) is 2.17. The number of ether oxygens (including phenoxy) is 1. The third kappa shape index (κ3) is 5.30. The van der Waals surface area contributed by atoms with E-state index in [1.807, 2.05) is 30.3 Å². The third-order valence-corrected chi connectivity index (χ3v) is 3.32. The van der Waals surface area contributed by atoms with Gasteiger partial charge in [0, 0.05) is 12.5 Å². The summed E-state index contributed by atoms with van der Waals surface area (Å²) in [5, 5.41) is 6.28. The van der Waals surface area contributed by atoms with E-state index < -0.39 is 0 Å². The average Bonchev–Trinajstić information content (AvgIpc) is 2.96. The van der Waals surface area contributed by atoms with E-state index in [1.165, 1.54) is 12.8 Å². The van der Waals surface area contributed by atoms with Crippen LogP contribution in [0.3, 0.4) is 0 Å². The molecular formula is C15H22N2O2. The highest BCUT2D eigenvalue weighted by molar-refractivity contribution is 5.75. The molecule has 0 aliphatic carbocycles. The Labute approximate surface area is 114 Å². The summed E-state index contributed by atoms with van der Waals surface area (Å²) in [5.41, 5.74) is 0. The quantitative estimate of drug-likeness (QED) is 0.736. The van der Waals surface area contributed by atoms with Crippen LogP contribution in [0.2, 0.25) is 0 Å². The van der Waals surface area contributed by atoms with Crippen molar-refractivity contribution in [3.63, 3.8) is 0 Å². The van der Waals surface area contributed by atoms with E-state index >= 15 is 0 Å². The first-order valence-electron chi connectivity index (χ1n) is 7.02. The zero-order valence-electron chi connectivity index (χ0n) is 11.2. The van der Waals surface area contributed by atoms with Gasteiger partial charge in [-0.3, -0.25) is 4.79 Å². The second-order valence-corrected chi connectivity index (χ2v) is 4.84. The molecule has 104 valence electrons. The summed E-state index contributed by atoms with van der Waals surface area (Å²) in [4.78, 5) is 11.6. The lowest BCUT2D eigenvalue weighted by Gasteiger charge is -2.10. The van der Waals surface area contributed by atoms with Crippen molar-refractivity contribution in [2.45, 2.75) is 31.7 Å². The summed E-state index contributed by atoms with van der Waals surface area (Å²) in [5.74, 6) is 0.956. The number of amides is 1. The number of hydrogen-bond acceptors (Lipinski definition) is 3. The molecule has 1 amide bonds. The molecule has 1 aliphatic heterocycles. The summed E-state index contributed by atoms with van der Waals surface area (Å²) in [6, 6.07) is 10.2. The SMILES string of the molecule is O=C(CCC1CCCN1)NCCOc1ccccc1. The van der Waals surface area contributed by atoms with E-state index in [1.54, 1.807) is 0 Å². The van der Waals surface area contributed by atoms with E-state index in [9.17, 15) is 4.79 Å². The van der Waals surface area contributed by atoms with E-state index in [0.717, 1.165) is 18.7 Å². The maximum absolute atomic E-state index is 11.6. The molecule has 1 atom stereocenters. The summed E-state index contributed by atoms with van der Waals surface area (Å²) in [7, 11) is 0. The predicted molar refractivity (Wildman–Crippen MR) is 75.2 cm³/mol. The molecule has 2 rings (SSSR count). The number of carbonyl (C=O) groups excluding carboxylic acids is 1. The molecule has 2 N–H and O–H groups in total. The first-order valence-corrected chi connectivity index (χ1v) is 7.02. The maximum atomic E-state index is 11.6. The van der Waals surface area contributed by atoms with Gasteiger partial charge in [0.15, 0.2) is 0 Å². The molecule has 0 radical (unpaired) electrons. The van der Waals surface area contributed by atoms with Gasteiger partial charge in [-0.15, -0.1) is 0 Å². The molecular weight excluding hydrogens is 240 g/mol. The smallest absolute Gasteiger partial charge is 0.220 e. The van der Waals surface area contributed by atoms with Gasteiger partial charge in [-0.2, -0.15) is 0 Å². The van der Waals surface area contributed by atoms with Crippen molar-refractivity contribution < 1.29 is 9.53 Å². The number of carbonyl (C=O) groups is 1. The number of hydrogen-bond donors (Lipinski definition) is 2. The fraction of sp³-hybridized carbons (Fsp3) is 0.533. The maximum Gasteiger partial charge on any atom is 0.220 e. The van der Waals surface area contributed by atoms with Gasteiger partial charge in [-0.05, 0) is 37.9 Å². The lowest BCUT2D eigenvalue weighted by atomic mass is 10.1. The molecule has 1 aliphatic rings. The van der Waals surface area contributed by atoms with Crippen LogP contribution in [0.1, 0.15) is 25.7 Å². The summed E-state index contributed by atoms with van der Waals surface area (Å²) < 4.78 is 5.51. The Balaban J connectivity index is 1.51. The van der Waals surface area contributed by atoms with Crippen molar-refractivity contribution in [2.75, 3.05) is 19.7 Å². The minimum atomic E-state index is 0.116. The highest BCUT2D eigenvalue weighted by atomic mass is 16.5. The largest absolute Gasteiger partial charge is 0.492 e. The fourth-order valence-corrected chi connectivity index (χ4v) is 2.27. The van der Waals surface area contributed by atoms with Crippen LogP contribution in [0.25, 0.3) is 0 Å². The molecule has 1 aromatic carbocycles. The fourth-order valence-electron chi connectivity index (χ4n) is 2.27. The molecule has 1 aromatic rings. The predicted octanol–water partition coefficient (Wildman–Crippen LogP) is 1.71. The monoisotopic (exact) mass is 262 g/mol. The second kappa shape index (κ2) is 7.79. The Kier molecular flexibility index (Phi) is 5.69. The van der Waals surface area contributed by atoms with Gasteiger partial charge in [0.25, 0.3) is 0 Å². The zero-order valence-corrected chi connectivity index (χ0v) is 11.2. The second-order valence-electron chi connectivity index (χ2n) is 4.84.